The van der Waals surface area contributed by atoms with E-state index in [4.69, 9.17) is 11.6 Å². The highest BCUT2D eigenvalue weighted by molar-refractivity contribution is 7.89. The molecular weight excluding hydrogens is 456 g/mol. The second-order valence-corrected chi connectivity index (χ2v) is 10.9. The molecule has 168 valence electrons. The van der Waals surface area contributed by atoms with Crippen molar-refractivity contribution in [2.24, 2.45) is 7.05 Å². The zero-order valence-corrected chi connectivity index (χ0v) is 20.4. The molecule has 2 heterocycles. The lowest BCUT2D eigenvalue weighted by atomic mass is 10.2. The molecule has 1 N–H and O–H groups in total. The fourth-order valence-electron chi connectivity index (χ4n) is 3.50. The molecular formula is C21H27ClN4O3S2. The Morgan fingerprint density at radius 1 is 1.26 bits per heavy atom. The molecule has 0 spiro atoms. The van der Waals surface area contributed by atoms with Gasteiger partial charge in [-0.15, -0.1) is 11.3 Å². The zero-order chi connectivity index (χ0) is 22.8. The molecule has 0 aliphatic heterocycles. The summed E-state index contributed by atoms with van der Waals surface area (Å²) in [7, 11) is -1.68. The normalized spacial score (nSPS) is 13.1. The number of aryl methyl sites for hydroxylation is 2. The van der Waals surface area contributed by atoms with Crippen molar-refractivity contribution in [3.63, 3.8) is 0 Å². The van der Waals surface area contributed by atoms with Crippen molar-refractivity contribution >= 4 is 49.9 Å². The summed E-state index contributed by atoms with van der Waals surface area (Å²) in [5, 5.41) is 2.98. The van der Waals surface area contributed by atoms with Crippen LogP contribution in [0.15, 0.2) is 35.2 Å². The topological polar surface area (TPSA) is 84.3 Å². The van der Waals surface area contributed by atoms with Gasteiger partial charge in [-0.25, -0.2) is 13.4 Å². The third-order valence-corrected chi connectivity index (χ3v) is 8.72. The van der Waals surface area contributed by atoms with Crippen molar-refractivity contribution in [1.29, 1.82) is 0 Å². The number of imidazole rings is 1. The molecule has 7 nitrogen and oxygen atoms in total. The molecule has 31 heavy (non-hydrogen) atoms. The van der Waals surface area contributed by atoms with E-state index in [2.05, 4.69) is 10.3 Å². The van der Waals surface area contributed by atoms with E-state index in [-0.39, 0.29) is 23.3 Å². The van der Waals surface area contributed by atoms with Gasteiger partial charge in [0, 0.05) is 37.9 Å². The van der Waals surface area contributed by atoms with Crippen LogP contribution in [0.25, 0.3) is 11.0 Å². The van der Waals surface area contributed by atoms with Crippen LogP contribution in [-0.2, 0) is 28.3 Å². The average Bonchev–Trinajstić information content (AvgIpc) is 3.30. The maximum Gasteiger partial charge on any atom is 0.243 e. The van der Waals surface area contributed by atoms with Crippen LogP contribution in [0, 0.1) is 0 Å². The summed E-state index contributed by atoms with van der Waals surface area (Å²) >= 11 is 7.41. The van der Waals surface area contributed by atoms with E-state index in [0.717, 1.165) is 16.2 Å². The Kier molecular flexibility index (Phi) is 7.41. The first-order valence-corrected chi connectivity index (χ1v) is 12.8. The molecule has 0 bridgehead atoms. The van der Waals surface area contributed by atoms with Crippen LogP contribution in [0.4, 0.5) is 0 Å². The SMILES string of the molecule is CCN(CC)S(=O)(=O)c1ccc2c(c1)nc(CCC(=O)NC(C)c1ccc(Cl)s1)n2C. The fraction of sp³-hybridized carbons (Fsp3) is 0.429. The van der Waals surface area contributed by atoms with Gasteiger partial charge in [0.2, 0.25) is 15.9 Å². The number of amides is 1. The quantitative estimate of drug-likeness (QED) is 0.497. The first kappa shape index (κ1) is 23.7. The van der Waals surface area contributed by atoms with E-state index < -0.39 is 10.0 Å². The first-order chi connectivity index (χ1) is 14.7. The molecule has 0 radical (unpaired) electrons. The number of halogens is 1. The second kappa shape index (κ2) is 9.68. The lowest BCUT2D eigenvalue weighted by molar-refractivity contribution is -0.121. The highest BCUT2D eigenvalue weighted by Crippen LogP contribution is 2.27. The number of rotatable bonds is 9. The predicted molar refractivity (Wildman–Crippen MR) is 125 cm³/mol. The van der Waals surface area contributed by atoms with Crippen LogP contribution >= 0.6 is 22.9 Å². The van der Waals surface area contributed by atoms with Gasteiger partial charge in [-0.3, -0.25) is 4.79 Å². The van der Waals surface area contributed by atoms with Crippen molar-refractivity contribution < 1.29 is 13.2 Å². The van der Waals surface area contributed by atoms with Crippen LogP contribution in [0.3, 0.4) is 0 Å². The van der Waals surface area contributed by atoms with E-state index in [9.17, 15) is 13.2 Å². The van der Waals surface area contributed by atoms with Gasteiger partial charge in [-0.2, -0.15) is 4.31 Å². The third kappa shape index (κ3) is 5.11. The number of nitrogens with zero attached hydrogens (tertiary/aromatic N) is 3. The van der Waals surface area contributed by atoms with Gasteiger partial charge in [0.05, 0.1) is 26.3 Å². The summed E-state index contributed by atoms with van der Waals surface area (Å²) < 4.78 is 29.6. The molecule has 3 aromatic rings. The molecule has 3 rings (SSSR count). The number of hydrogen-bond donors (Lipinski definition) is 1. The Bertz CT molecular complexity index is 1180. The first-order valence-electron chi connectivity index (χ1n) is 10.2. The Hall–Kier alpha value is -1.94. The van der Waals surface area contributed by atoms with Crippen molar-refractivity contribution in [1.82, 2.24) is 19.2 Å². The molecule has 1 atom stereocenters. The Morgan fingerprint density at radius 3 is 2.58 bits per heavy atom. The van der Waals surface area contributed by atoms with E-state index in [0.29, 0.717) is 29.4 Å². The summed E-state index contributed by atoms with van der Waals surface area (Å²) in [5.41, 5.74) is 1.43. The number of benzene rings is 1. The number of nitrogens with one attached hydrogen (secondary N) is 1. The number of fused-ring (bicyclic) bond motifs is 1. The zero-order valence-electron chi connectivity index (χ0n) is 18.1. The standard InChI is InChI=1S/C21H27ClN4O3S2/c1-5-26(6-2)31(28,29)15-7-8-17-16(13-15)24-20(25(17)4)11-12-21(27)23-14(3)18-9-10-19(22)30-18/h7-10,13-14H,5-6,11-12H2,1-4H3,(H,23,27). The molecule has 1 unspecified atom stereocenters. The number of thiophene rings is 1. The fourth-order valence-corrected chi connectivity index (χ4v) is 6.04. The van der Waals surface area contributed by atoms with E-state index in [1.54, 1.807) is 18.2 Å². The highest BCUT2D eigenvalue weighted by atomic mass is 35.5. The van der Waals surface area contributed by atoms with Crippen LogP contribution in [0.2, 0.25) is 4.34 Å². The van der Waals surface area contributed by atoms with Crippen molar-refractivity contribution in [2.45, 2.75) is 44.6 Å². The minimum atomic E-state index is -3.55. The van der Waals surface area contributed by atoms with Crippen LogP contribution < -0.4 is 5.32 Å². The summed E-state index contributed by atoms with van der Waals surface area (Å²) in [6.45, 7) is 6.38. The van der Waals surface area contributed by atoms with Gasteiger partial charge >= 0.3 is 0 Å². The number of carbonyl (C=O) groups excluding carboxylic acids is 1. The van der Waals surface area contributed by atoms with E-state index in [1.807, 2.05) is 44.5 Å². The maximum atomic E-state index is 12.8. The lowest BCUT2D eigenvalue weighted by Gasteiger charge is -2.18. The van der Waals surface area contributed by atoms with Gasteiger partial charge in [-0.1, -0.05) is 25.4 Å². The van der Waals surface area contributed by atoms with Gasteiger partial charge in [-0.05, 0) is 37.3 Å². The minimum absolute atomic E-state index is 0.0751. The van der Waals surface area contributed by atoms with Gasteiger partial charge in [0.25, 0.3) is 0 Å². The minimum Gasteiger partial charge on any atom is -0.349 e. The summed E-state index contributed by atoms with van der Waals surface area (Å²) in [6, 6.07) is 8.60. The van der Waals surface area contributed by atoms with E-state index >= 15 is 0 Å². The summed E-state index contributed by atoms with van der Waals surface area (Å²) in [5.74, 6) is 0.656. The Morgan fingerprint density at radius 2 is 1.97 bits per heavy atom. The largest absolute Gasteiger partial charge is 0.349 e. The molecule has 1 amide bonds. The average molecular weight is 483 g/mol. The monoisotopic (exact) mass is 482 g/mol. The van der Waals surface area contributed by atoms with Crippen molar-refractivity contribution in [3.05, 3.63) is 45.4 Å². The van der Waals surface area contributed by atoms with Gasteiger partial charge < -0.3 is 9.88 Å². The number of carbonyl (C=O) groups is 1. The summed E-state index contributed by atoms with van der Waals surface area (Å²) in [6.07, 6.45) is 0.734. The smallest absolute Gasteiger partial charge is 0.243 e. The molecule has 0 aliphatic rings. The lowest BCUT2D eigenvalue weighted by Crippen LogP contribution is -2.30. The number of hydrogen-bond acceptors (Lipinski definition) is 5. The predicted octanol–water partition coefficient (Wildman–Crippen LogP) is 4.13. The maximum absolute atomic E-state index is 12.8. The molecule has 0 aliphatic carbocycles. The summed E-state index contributed by atoms with van der Waals surface area (Å²) in [4.78, 5) is 18.2. The molecule has 10 heteroatoms. The highest BCUT2D eigenvalue weighted by Gasteiger charge is 2.23. The van der Waals surface area contributed by atoms with Crippen molar-refractivity contribution in [2.75, 3.05) is 13.1 Å². The van der Waals surface area contributed by atoms with Crippen LogP contribution in [0.5, 0.6) is 0 Å². The van der Waals surface area contributed by atoms with E-state index in [1.165, 1.54) is 15.6 Å². The molecule has 0 fully saturated rings. The molecule has 2 aromatic heterocycles. The second-order valence-electron chi connectivity index (χ2n) is 7.26. The Labute approximate surface area is 192 Å². The third-order valence-electron chi connectivity index (χ3n) is 5.26. The molecule has 1 aromatic carbocycles. The number of aromatic nitrogens is 2. The van der Waals surface area contributed by atoms with Crippen LogP contribution in [0.1, 0.15) is 43.9 Å². The van der Waals surface area contributed by atoms with Gasteiger partial charge in [0.1, 0.15) is 5.82 Å². The molecule has 0 saturated heterocycles. The molecule has 0 saturated carbocycles. The van der Waals surface area contributed by atoms with Crippen LogP contribution in [-0.4, -0.2) is 41.3 Å². The Balaban J connectivity index is 1.73. The van der Waals surface area contributed by atoms with Crippen molar-refractivity contribution in [3.8, 4) is 0 Å². The van der Waals surface area contributed by atoms with Gasteiger partial charge in [0.15, 0.2) is 0 Å². The number of sulfonamides is 1.